The van der Waals surface area contributed by atoms with Gasteiger partial charge in [-0.05, 0) is 43.9 Å². The van der Waals surface area contributed by atoms with Gasteiger partial charge in [0.2, 0.25) is 0 Å². The summed E-state index contributed by atoms with van der Waals surface area (Å²) in [6, 6.07) is 7.96. The predicted octanol–water partition coefficient (Wildman–Crippen LogP) is 2.43. The molecule has 0 aromatic heterocycles. The van der Waals surface area contributed by atoms with Crippen LogP contribution in [0.1, 0.15) is 45.6 Å². The number of nitrogens with one attached hydrogen (secondary N) is 1. The zero-order valence-corrected chi connectivity index (χ0v) is 12.8. The first-order chi connectivity index (χ1) is 9.40. The van der Waals surface area contributed by atoms with Crippen molar-refractivity contribution in [3.8, 4) is 5.75 Å². The van der Waals surface area contributed by atoms with Crippen LogP contribution in [0.2, 0.25) is 0 Å². The molecular weight excluding hydrogens is 252 g/mol. The van der Waals surface area contributed by atoms with E-state index in [2.05, 4.69) is 25.2 Å². The van der Waals surface area contributed by atoms with Gasteiger partial charge in [-0.3, -0.25) is 4.79 Å². The number of carbonyl (C=O) groups is 1. The molecule has 4 nitrogen and oxygen atoms in total. The zero-order chi connectivity index (χ0) is 15.1. The number of ether oxygens (including phenoxy) is 1. The average Bonchev–Trinajstić information content (AvgIpc) is 2.38. The largest absolute Gasteiger partial charge is 0.481 e. The van der Waals surface area contributed by atoms with E-state index in [1.807, 2.05) is 25.1 Å². The molecule has 1 amide bonds. The van der Waals surface area contributed by atoms with Crippen LogP contribution >= 0.6 is 0 Å². The van der Waals surface area contributed by atoms with Crippen LogP contribution in [-0.4, -0.2) is 24.6 Å². The van der Waals surface area contributed by atoms with E-state index in [4.69, 9.17) is 10.5 Å². The van der Waals surface area contributed by atoms with E-state index < -0.39 is 6.10 Å². The summed E-state index contributed by atoms with van der Waals surface area (Å²) in [4.78, 5) is 11.9. The van der Waals surface area contributed by atoms with Crippen LogP contribution in [0.4, 0.5) is 0 Å². The topological polar surface area (TPSA) is 64.3 Å². The molecule has 0 aliphatic rings. The summed E-state index contributed by atoms with van der Waals surface area (Å²) in [5.74, 6) is 1.06. The van der Waals surface area contributed by atoms with Crippen molar-refractivity contribution in [3.05, 3.63) is 29.8 Å². The SMILES string of the molecule is CC(N)CCNC(=O)C(C)Oc1cccc(C(C)C)c1. The normalized spacial score (nSPS) is 13.9. The Labute approximate surface area is 121 Å². The van der Waals surface area contributed by atoms with Crippen LogP contribution in [0.3, 0.4) is 0 Å². The van der Waals surface area contributed by atoms with Crippen molar-refractivity contribution in [3.63, 3.8) is 0 Å². The Kier molecular flexibility index (Phi) is 6.52. The Morgan fingerprint density at radius 3 is 2.60 bits per heavy atom. The highest BCUT2D eigenvalue weighted by Crippen LogP contribution is 2.20. The fraction of sp³-hybridized carbons (Fsp3) is 0.562. The van der Waals surface area contributed by atoms with Gasteiger partial charge in [0.25, 0.3) is 5.91 Å². The third-order valence-corrected chi connectivity index (χ3v) is 3.11. The van der Waals surface area contributed by atoms with Gasteiger partial charge in [0.1, 0.15) is 5.75 Å². The van der Waals surface area contributed by atoms with Gasteiger partial charge in [-0.1, -0.05) is 26.0 Å². The summed E-state index contributed by atoms with van der Waals surface area (Å²) in [6.07, 6.45) is 0.256. The number of nitrogens with two attached hydrogens (primary N) is 1. The monoisotopic (exact) mass is 278 g/mol. The van der Waals surface area contributed by atoms with Crippen LogP contribution in [-0.2, 0) is 4.79 Å². The van der Waals surface area contributed by atoms with E-state index in [1.54, 1.807) is 6.92 Å². The first kappa shape index (κ1) is 16.5. The summed E-state index contributed by atoms with van der Waals surface area (Å²) in [5.41, 5.74) is 6.84. The fourth-order valence-corrected chi connectivity index (χ4v) is 1.77. The molecule has 112 valence electrons. The Bertz CT molecular complexity index is 430. The molecule has 0 bridgehead atoms. The molecule has 0 saturated heterocycles. The molecule has 1 aromatic carbocycles. The lowest BCUT2D eigenvalue weighted by atomic mass is 10.0. The Hall–Kier alpha value is -1.55. The van der Waals surface area contributed by atoms with Gasteiger partial charge < -0.3 is 15.8 Å². The molecule has 0 aliphatic heterocycles. The maximum Gasteiger partial charge on any atom is 0.260 e. The minimum atomic E-state index is -0.509. The Balaban J connectivity index is 2.50. The molecule has 4 heteroatoms. The van der Waals surface area contributed by atoms with Crippen LogP contribution < -0.4 is 15.8 Å². The Morgan fingerprint density at radius 2 is 2.00 bits per heavy atom. The molecule has 20 heavy (non-hydrogen) atoms. The summed E-state index contributed by atoms with van der Waals surface area (Å²) < 4.78 is 5.68. The second-order valence-electron chi connectivity index (χ2n) is 5.54. The Morgan fingerprint density at radius 1 is 1.30 bits per heavy atom. The number of hydrogen-bond acceptors (Lipinski definition) is 3. The van der Waals surface area contributed by atoms with Crippen molar-refractivity contribution in [2.45, 2.75) is 52.2 Å². The molecule has 0 radical (unpaired) electrons. The van der Waals surface area contributed by atoms with Gasteiger partial charge in [-0.2, -0.15) is 0 Å². The lowest BCUT2D eigenvalue weighted by Crippen LogP contribution is -2.38. The highest BCUT2D eigenvalue weighted by Gasteiger charge is 2.14. The van der Waals surface area contributed by atoms with Gasteiger partial charge in [-0.25, -0.2) is 0 Å². The van der Waals surface area contributed by atoms with Crippen LogP contribution in [0.15, 0.2) is 24.3 Å². The van der Waals surface area contributed by atoms with Gasteiger partial charge in [0.05, 0.1) is 0 Å². The van der Waals surface area contributed by atoms with E-state index in [-0.39, 0.29) is 11.9 Å². The molecule has 2 atom stereocenters. The number of hydrogen-bond donors (Lipinski definition) is 2. The number of carbonyl (C=O) groups excluding carboxylic acids is 1. The van der Waals surface area contributed by atoms with Crippen molar-refractivity contribution in [2.24, 2.45) is 5.73 Å². The fourth-order valence-electron chi connectivity index (χ4n) is 1.77. The molecular formula is C16H26N2O2. The minimum absolute atomic E-state index is 0.0919. The molecule has 0 saturated carbocycles. The minimum Gasteiger partial charge on any atom is -0.481 e. The quantitative estimate of drug-likeness (QED) is 0.805. The van der Waals surface area contributed by atoms with Crippen molar-refractivity contribution in [1.29, 1.82) is 0 Å². The van der Waals surface area contributed by atoms with Crippen LogP contribution in [0, 0.1) is 0 Å². The first-order valence-corrected chi connectivity index (χ1v) is 7.20. The van der Waals surface area contributed by atoms with E-state index in [9.17, 15) is 4.79 Å². The molecule has 0 heterocycles. The lowest BCUT2D eigenvalue weighted by molar-refractivity contribution is -0.127. The average molecular weight is 278 g/mol. The summed E-state index contributed by atoms with van der Waals surface area (Å²) in [7, 11) is 0. The lowest BCUT2D eigenvalue weighted by Gasteiger charge is -2.16. The highest BCUT2D eigenvalue weighted by atomic mass is 16.5. The summed E-state index contributed by atoms with van der Waals surface area (Å²) in [6.45, 7) is 8.51. The third kappa shape index (κ3) is 5.61. The van der Waals surface area contributed by atoms with Crippen molar-refractivity contribution in [1.82, 2.24) is 5.32 Å². The molecule has 0 fully saturated rings. The van der Waals surface area contributed by atoms with Gasteiger partial charge in [0.15, 0.2) is 6.10 Å². The van der Waals surface area contributed by atoms with Crippen LogP contribution in [0.5, 0.6) is 5.75 Å². The van der Waals surface area contributed by atoms with E-state index in [0.717, 1.165) is 12.2 Å². The van der Waals surface area contributed by atoms with Gasteiger partial charge in [-0.15, -0.1) is 0 Å². The highest BCUT2D eigenvalue weighted by molar-refractivity contribution is 5.80. The van der Waals surface area contributed by atoms with E-state index in [1.165, 1.54) is 5.56 Å². The van der Waals surface area contributed by atoms with E-state index >= 15 is 0 Å². The number of benzene rings is 1. The number of amides is 1. The molecule has 0 aliphatic carbocycles. The second-order valence-corrected chi connectivity index (χ2v) is 5.54. The molecule has 1 rings (SSSR count). The first-order valence-electron chi connectivity index (χ1n) is 7.20. The zero-order valence-electron chi connectivity index (χ0n) is 12.8. The molecule has 2 unspecified atom stereocenters. The molecule has 0 spiro atoms. The molecule has 3 N–H and O–H groups in total. The van der Waals surface area contributed by atoms with Crippen molar-refractivity contribution < 1.29 is 9.53 Å². The summed E-state index contributed by atoms with van der Waals surface area (Å²) >= 11 is 0. The maximum atomic E-state index is 11.9. The van der Waals surface area contributed by atoms with Crippen molar-refractivity contribution in [2.75, 3.05) is 6.54 Å². The molecule has 1 aromatic rings. The predicted molar refractivity (Wildman–Crippen MR) is 81.9 cm³/mol. The van der Waals surface area contributed by atoms with Gasteiger partial charge in [0, 0.05) is 12.6 Å². The maximum absolute atomic E-state index is 11.9. The van der Waals surface area contributed by atoms with Crippen LogP contribution in [0.25, 0.3) is 0 Å². The number of rotatable bonds is 7. The standard InChI is InChI=1S/C16H26N2O2/c1-11(2)14-6-5-7-15(10-14)20-13(4)16(19)18-9-8-12(3)17/h5-7,10-13H,8-9,17H2,1-4H3,(H,18,19). The third-order valence-electron chi connectivity index (χ3n) is 3.11. The summed E-state index contributed by atoms with van der Waals surface area (Å²) in [5, 5.41) is 2.83. The smallest absolute Gasteiger partial charge is 0.260 e. The second kappa shape index (κ2) is 7.90. The van der Waals surface area contributed by atoms with Crippen molar-refractivity contribution >= 4 is 5.91 Å². The van der Waals surface area contributed by atoms with E-state index in [0.29, 0.717) is 12.5 Å². The van der Waals surface area contributed by atoms with Gasteiger partial charge >= 0.3 is 0 Å².